The van der Waals surface area contributed by atoms with Gasteiger partial charge in [0.2, 0.25) is 0 Å². The number of halogens is 4. The molecule has 7 heteroatoms. The molecule has 0 atom stereocenters. The Labute approximate surface area is 102 Å². The summed E-state index contributed by atoms with van der Waals surface area (Å²) in [5, 5.41) is 7.76. The van der Waals surface area contributed by atoms with Crippen molar-refractivity contribution < 1.29 is 13.6 Å². The molecule has 78 valence electrons. The number of carbonyl (C=O) groups excluding carboxylic acids is 1. The van der Waals surface area contributed by atoms with Gasteiger partial charge in [-0.25, -0.2) is 13.8 Å². The molecule has 3 nitrogen and oxygen atoms in total. The van der Waals surface area contributed by atoms with Crippen molar-refractivity contribution in [3.05, 3.63) is 26.6 Å². The first-order valence-electron chi connectivity index (χ1n) is 3.55. The molecule has 0 saturated heterocycles. The molecule has 0 saturated carbocycles. The van der Waals surface area contributed by atoms with Crippen molar-refractivity contribution in [3.63, 3.8) is 0 Å². The van der Waals surface area contributed by atoms with Crippen LogP contribution in [0.2, 0.25) is 0 Å². The van der Waals surface area contributed by atoms with Gasteiger partial charge in [0.1, 0.15) is 11.8 Å². The Balaban J connectivity index is 3.48. The second-order valence-electron chi connectivity index (χ2n) is 2.44. The number of pyridine rings is 1. The monoisotopic (exact) mass is 342 g/mol. The number of hydrogen-bond donors (Lipinski definition) is 0. The zero-order valence-electron chi connectivity index (χ0n) is 6.97. The standard InChI is InChI=1S/C8H2ClF2IN2O/c9-7(15)6-3(1-13)5(12)4(2-14-6)8(10)11/h2,8H. The second-order valence-corrected chi connectivity index (χ2v) is 3.86. The summed E-state index contributed by atoms with van der Waals surface area (Å²) in [6.07, 6.45) is -1.89. The van der Waals surface area contributed by atoms with E-state index in [4.69, 9.17) is 16.9 Å². The third-order valence-corrected chi connectivity index (χ3v) is 2.92. The fraction of sp³-hybridized carbons (Fsp3) is 0.125. The van der Waals surface area contributed by atoms with Crippen molar-refractivity contribution in [2.75, 3.05) is 0 Å². The number of rotatable bonds is 2. The lowest BCUT2D eigenvalue weighted by Crippen LogP contribution is -2.04. The topological polar surface area (TPSA) is 53.8 Å². The fourth-order valence-electron chi connectivity index (χ4n) is 0.907. The van der Waals surface area contributed by atoms with Crippen LogP contribution in [0.25, 0.3) is 0 Å². The van der Waals surface area contributed by atoms with Gasteiger partial charge in [-0.3, -0.25) is 4.79 Å². The molecule has 0 spiro atoms. The van der Waals surface area contributed by atoms with Crippen molar-refractivity contribution in [2.45, 2.75) is 6.43 Å². The van der Waals surface area contributed by atoms with Gasteiger partial charge in [0.05, 0.1) is 11.1 Å². The van der Waals surface area contributed by atoms with Crippen molar-refractivity contribution in [3.8, 4) is 6.07 Å². The SMILES string of the molecule is N#Cc1c(C(=O)Cl)ncc(C(F)F)c1I. The van der Waals surface area contributed by atoms with Crippen LogP contribution < -0.4 is 0 Å². The van der Waals surface area contributed by atoms with E-state index in [-0.39, 0.29) is 20.4 Å². The third-order valence-electron chi connectivity index (χ3n) is 1.58. The van der Waals surface area contributed by atoms with E-state index in [1.54, 1.807) is 28.7 Å². The zero-order chi connectivity index (χ0) is 11.6. The Hall–Kier alpha value is -0.810. The number of carbonyl (C=O) groups is 1. The van der Waals surface area contributed by atoms with Crippen molar-refractivity contribution in [2.24, 2.45) is 0 Å². The first kappa shape index (κ1) is 12.3. The molecule has 0 fully saturated rings. The summed E-state index contributed by atoms with van der Waals surface area (Å²) in [7, 11) is 0. The number of nitriles is 1. The Morgan fingerprint density at radius 2 is 2.27 bits per heavy atom. The fourth-order valence-corrected chi connectivity index (χ4v) is 1.80. The minimum absolute atomic E-state index is 0.00380. The Morgan fingerprint density at radius 3 is 2.67 bits per heavy atom. The maximum Gasteiger partial charge on any atom is 0.272 e. The van der Waals surface area contributed by atoms with E-state index >= 15 is 0 Å². The molecule has 1 aromatic heterocycles. The largest absolute Gasteiger partial charge is 0.274 e. The maximum absolute atomic E-state index is 12.4. The Bertz CT molecular complexity index is 459. The van der Waals surface area contributed by atoms with Gasteiger partial charge in [-0.1, -0.05) is 0 Å². The molecule has 0 N–H and O–H groups in total. The van der Waals surface area contributed by atoms with E-state index in [9.17, 15) is 13.6 Å². The zero-order valence-corrected chi connectivity index (χ0v) is 9.88. The Kier molecular flexibility index (Phi) is 3.93. The minimum atomic E-state index is -2.74. The lowest BCUT2D eigenvalue weighted by Gasteiger charge is -2.05. The summed E-state index contributed by atoms with van der Waals surface area (Å²) in [4.78, 5) is 14.3. The van der Waals surface area contributed by atoms with Crippen LogP contribution >= 0.6 is 34.2 Å². The molecule has 0 aliphatic heterocycles. The van der Waals surface area contributed by atoms with Crippen LogP contribution in [0.3, 0.4) is 0 Å². The highest BCUT2D eigenvalue weighted by Crippen LogP contribution is 2.27. The number of hydrogen-bond acceptors (Lipinski definition) is 3. The van der Waals surface area contributed by atoms with Crippen molar-refractivity contribution >= 4 is 39.4 Å². The summed E-state index contributed by atoms with van der Waals surface area (Å²) in [6, 6.07) is 1.63. The number of nitrogens with zero attached hydrogens (tertiary/aromatic N) is 2. The lowest BCUT2D eigenvalue weighted by atomic mass is 10.1. The van der Waals surface area contributed by atoms with E-state index in [0.29, 0.717) is 0 Å². The van der Waals surface area contributed by atoms with Gasteiger partial charge in [0.25, 0.3) is 11.7 Å². The van der Waals surface area contributed by atoms with E-state index in [2.05, 4.69) is 4.98 Å². The molecule has 0 aromatic carbocycles. The molecular formula is C8H2ClF2IN2O. The van der Waals surface area contributed by atoms with Crippen molar-refractivity contribution in [1.29, 1.82) is 5.26 Å². The van der Waals surface area contributed by atoms with Crippen LogP contribution in [0.1, 0.15) is 28.0 Å². The molecule has 0 radical (unpaired) electrons. The highest BCUT2D eigenvalue weighted by Gasteiger charge is 2.21. The van der Waals surface area contributed by atoms with Crippen LogP contribution in [0.5, 0.6) is 0 Å². The van der Waals surface area contributed by atoms with Gasteiger partial charge in [-0.05, 0) is 34.2 Å². The molecule has 0 amide bonds. The van der Waals surface area contributed by atoms with Gasteiger partial charge >= 0.3 is 0 Å². The average Bonchev–Trinajstić information content (AvgIpc) is 2.16. The summed E-state index contributed by atoms with van der Waals surface area (Å²) >= 11 is 6.71. The number of aromatic nitrogens is 1. The van der Waals surface area contributed by atoms with E-state index < -0.39 is 11.7 Å². The molecule has 0 bridgehead atoms. The molecule has 0 aliphatic rings. The number of alkyl halides is 2. The Morgan fingerprint density at radius 1 is 1.67 bits per heavy atom. The van der Waals surface area contributed by atoms with Crippen LogP contribution in [0.4, 0.5) is 8.78 Å². The third kappa shape index (κ3) is 2.41. The quantitative estimate of drug-likeness (QED) is 0.613. The second kappa shape index (κ2) is 4.81. The maximum atomic E-state index is 12.4. The molecule has 0 unspecified atom stereocenters. The van der Waals surface area contributed by atoms with E-state index in [1.165, 1.54) is 0 Å². The minimum Gasteiger partial charge on any atom is -0.274 e. The molecule has 1 rings (SSSR count). The molecule has 1 aromatic rings. The molecule has 0 aliphatic carbocycles. The van der Waals surface area contributed by atoms with Gasteiger partial charge < -0.3 is 0 Å². The normalized spacial score (nSPS) is 10.1. The first-order valence-corrected chi connectivity index (χ1v) is 5.01. The van der Waals surface area contributed by atoms with Gasteiger partial charge in [-0.15, -0.1) is 0 Å². The van der Waals surface area contributed by atoms with Gasteiger partial charge in [0, 0.05) is 9.77 Å². The molecule has 15 heavy (non-hydrogen) atoms. The highest BCUT2D eigenvalue weighted by atomic mass is 127. The van der Waals surface area contributed by atoms with Crippen LogP contribution in [0, 0.1) is 14.9 Å². The summed E-state index contributed by atoms with van der Waals surface area (Å²) < 4.78 is 24.8. The van der Waals surface area contributed by atoms with Gasteiger partial charge in [0.15, 0.2) is 0 Å². The summed E-state index contributed by atoms with van der Waals surface area (Å²) in [6.45, 7) is 0. The first-order chi connectivity index (χ1) is 6.99. The van der Waals surface area contributed by atoms with E-state index in [1.807, 2.05) is 0 Å². The highest BCUT2D eigenvalue weighted by molar-refractivity contribution is 14.1. The lowest BCUT2D eigenvalue weighted by molar-refractivity contribution is 0.107. The summed E-state index contributed by atoms with van der Waals surface area (Å²) in [5.41, 5.74) is -0.893. The summed E-state index contributed by atoms with van der Waals surface area (Å²) in [5.74, 6) is 0. The predicted molar refractivity (Wildman–Crippen MR) is 56.8 cm³/mol. The molecule has 1 heterocycles. The van der Waals surface area contributed by atoms with Gasteiger partial charge in [-0.2, -0.15) is 5.26 Å². The smallest absolute Gasteiger partial charge is 0.272 e. The molecular weight excluding hydrogens is 340 g/mol. The van der Waals surface area contributed by atoms with E-state index in [0.717, 1.165) is 6.20 Å². The van der Waals surface area contributed by atoms with Crippen molar-refractivity contribution in [1.82, 2.24) is 4.98 Å². The average molecular weight is 342 g/mol. The predicted octanol–water partition coefficient (Wildman–Crippen LogP) is 2.87. The van der Waals surface area contributed by atoms with Crippen LogP contribution in [-0.2, 0) is 0 Å². The van der Waals surface area contributed by atoms with Crippen LogP contribution in [-0.4, -0.2) is 10.2 Å². The van der Waals surface area contributed by atoms with Crippen LogP contribution in [0.15, 0.2) is 6.20 Å².